The van der Waals surface area contributed by atoms with Gasteiger partial charge in [-0.3, -0.25) is 0 Å². The van der Waals surface area contributed by atoms with Crippen molar-refractivity contribution in [1.82, 2.24) is 0 Å². The molecule has 3 heteroatoms. The molecule has 0 unspecified atom stereocenters. The van der Waals surface area contributed by atoms with E-state index >= 15 is 0 Å². The number of rotatable bonds is 3. The number of hydrogen-bond donors (Lipinski definition) is 2. The van der Waals surface area contributed by atoms with Crippen LogP contribution < -0.4 is 11.1 Å². The summed E-state index contributed by atoms with van der Waals surface area (Å²) in [4.78, 5) is 0. The van der Waals surface area contributed by atoms with Crippen molar-refractivity contribution >= 4 is 23.0 Å². The summed E-state index contributed by atoms with van der Waals surface area (Å²) >= 11 is 5.99. The maximum absolute atomic E-state index is 5.99. The number of halogens is 1. The Kier molecular flexibility index (Phi) is 2.81. The van der Waals surface area contributed by atoms with Crippen molar-refractivity contribution in [3.63, 3.8) is 0 Å². The average molecular weight is 253 g/mol. The van der Waals surface area contributed by atoms with Gasteiger partial charge in [0.25, 0.3) is 0 Å². The molecule has 2 nitrogen and oxygen atoms in total. The first-order valence-corrected chi connectivity index (χ1v) is 6.44. The van der Waals surface area contributed by atoms with Crippen molar-refractivity contribution < 1.29 is 0 Å². The zero-order valence-corrected chi connectivity index (χ0v) is 11.7. The molecule has 1 aromatic rings. The zero-order chi connectivity index (χ0) is 12.8. The van der Waals surface area contributed by atoms with E-state index in [4.69, 9.17) is 17.3 Å². The molecule has 1 aromatic carbocycles. The standard InChI is InChI=1S/C14H21ClN2/c1-13(2)11(14(13,3)4)8-17-10-7-5-6-9(15)12(10)16/h5-7,11,17H,8,16H2,1-4H3. The van der Waals surface area contributed by atoms with Crippen LogP contribution in [0.3, 0.4) is 0 Å². The number of para-hydroxylation sites is 1. The first-order valence-electron chi connectivity index (χ1n) is 6.06. The second-order valence-corrected chi connectivity index (χ2v) is 6.49. The minimum atomic E-state index is 0.396. The van der Waals surface area contributed by atoms with E-state index in [2.05, 4.69) is 33.0 Å². The molecule has 0 heterocycles. The van der Waals surface area contributed by atoms with Crippen LogP contribution in [0.15, 0.2) is 18.2 Å². The average Bonchev–Trinajstić information content (AvgIpc) is 2.61. The van der Waals surface area contributed by atoms with E-state index in [9.17, 15) is 0 Å². The van der Waals surface area contributed by atoms with Gasteiger partial charge >= 0.3 is 0 Å². The second kappa shape index (κ2) is 3.81. The van der Waals surface area contributed by atoms with E-state index in [-0.39, 0.29) is 0 Å². The van der Waals surface area contributed by atoms with E-state index < -0.39 is 0 Å². The Morgan fingerprint density at radius 1 is 1.24 bits per heavy atom. The molecular weight excluding hydrogens is 232 g/mol. The Hall–Kier alpha value is -0.890. The maximum atomic E-state index is 5.99. The summed E-state index contributed by atoms with van der Waals surface area (Å²) in [6.07, 6.45) is 0. The zero-order valence-electron chi connectivity index (χ0n) is 11.0. The highest BCUT2D eigenvalue weighted by Gasteiger charge is 2.64. The molecule has 94 valence electrons. The van der Waals surface area contributed by atoms with Crippen LogP contribution in [0, 0.1) is 16.7 Å². The van der Waals surface area contributed by atoms with Crippen LogP contribution >= 0.6 is 11.6 Å². The quantitative estimate of drug-likeness (QED) is 0.798. The Balaban J connectivity index is 2.03. The SMILES string of the molecule is CC1(C)C(CNc2cccc(Cl)c2N)C1(C)C. The van der Waals surface area contributed by atoms with Crippen LogP contribution in [0.2, 0.25) is 5.02 Å². The highest BCUT2D eigenvalue weighted by molar-refractivity contribution is 6.33. The summed E-state index contributed by atoms with van der Waals surface area (Å²) in [6.45, 7) is 10.2. The van der Waals surface area contributed by atoms with Gasteiger partial charge in [-0.05, 0) is 28.9 Å². The fourth-order valence-corrected chi connectivity index (χ4v) is 2.92. The van der Waals surface area contributed by atoms with Crippen LogP contribution in [0.25, 0.3) is 0 Å². The molecule has 0 amide bonds. The molecule has 0 aliphatic heterocycles. The molecule has 17 heavy (non-hydrogen) atoms. The Morgan fingerprint density at radius 2 is 1.82 bits per heavy atom. The third kappa shape index (κ3) is 1.89. The van der Waals surface area contributed by atoms with Crippen LogP contribution in [0.1, 0.15) is 27.7 Å². The van der Waals surface area contributed by atoms with E-state index in [1.807, 2.05) is 18.2 Å². The first kappa shape index (κ1) is 12.6. The third-order valence-electron chi connectivity index (χ3n) is 4.87. The van der Waals surface area contributed by atoms with Crippen molar-refractivity contribution in [2.45, 2.75) is 27.7 Å². The molecule has 0 atom stereocenters. The summed E-state index contributed by atoms with van der Waals surface area (Å²) < 4.78 is 0. The van der Waals surface area contributed by atoms with Gasteiger partial charge in [0.15, 0.2) is 0 Å². The molecule has 0 bridgehead atoms. The summed E-state index contributed by atoms with van der Waals surface area (Å²) in [6, 6.07) is 5.71. The first-order chi connectivity index (χ1) is 7.78. The normalized spacial score (nSPS) is 21.2. The van der Waals surface area contributed by atoms with Crippen molar-refractivity contribution in [2.24, 2.45) is 16.7 Å². The monoisotopic (exact) mass is 252 g/mol. The van der Waals surface area contributed by atoms with Crippen molar-refractivity contribution in [3.8, 4) is 0 Å². The molecule has 1 aliphatic rings. The molecule has 2 rings (SSSR count). The van der Waals surface area contributed by atoms with E-state index in [0.29, 0.717) is 27.5 Å². The highest BCUT2D eigenvalue weighted by atomic mass is 35.5. The number of hydrogen-bond acceptors (Lipinski definition) is 2. The third-order valence-corrected chi connectivity index (χ3v) is 5.20. The summed E-state index contributed by atoms with van der Waals surface area (Å²) in [5.74, 6) is 0.674. The number of nitrogens with one attached hydrogen (secondary N) is 1. The van der Waals surface area contributed by atoms with Gasteiger partial charge in [-0.2, -0.15) is 0 Å². The summed E-state index contributed by atoms with van der Waals surface area (Å²) in [5.41, 5.74) is 8.31. The molecule has 0 spiro atoms. The van der Waals surface area contributed by atoms with Gasteiger partial charge in [0, 0.05) is 6.54 Å². The predicted molar refractivity (Wildman–Crippen MR) is 75.4 cm³/mol. The molecule has 1 saturated carbocycles. The van der Waals surface area contributed by atoms with E-state index in [0.717, 1.165) is 12.2 Å². The largest absolute Gasteiger partial charge is 0.396 e. The van der Waals surface area contributed by atoms with Crippen LogP contribution in [-0.4, -0.2) is 6.54 Å². The Bertz CT molecular complexity index is 424. The lowest BCUT2D eigenvalue weighted by molar-refractivity contribution is 0.457. The molecule has 0 aromatic heterocycles. The van der Waals surface area contributed by atoms with Gasteiger partial charge in [0.1, 0.15) is 0 Å². The Labute approximate surface area is 109 Å². The molecule has 0 saturated heterocycles. The van der Waals surface area contributed by atoms with Crippen LogP contribution in [0.5, 0.6) is 0 Å². The Morgan fingerprint density at radius 3 is 2.35 bits per heavy atom. The fraction of sp³-hybridized carbons (Fsp3) is 0.571. The van der Waals surface area contributed by atoms with Crippen LogP contribution in [0.4, 0.5) is 11.4 Å². The minimum Gasteiger partial charge on any atom is -0.396 e. The van der Waals surface area contributed by atoms with Crippen molar-refractivity contribution in [1.29, 1.82) is 0 Å². The lowest BCUT2D eigenvalue weighted by atomic mass is 10.0. The minimum absolute atomic E-state index is 0.396. The predicted octanol–water partition coefficient (Wildman–Crippen LogP) is 4.02. The molecule has 0 radical (unpaired) electrons. The van der Waals surface area contributed by atoms with Crippen molar-refractivity contribution in [3.05, 3.63) is 23.2 Å². The van der Waals surface area contributed by atoms with Gasteiger partial charge < -0.3 is 11.1 Å². The lowest BCUT2D eigenvalue weighted by Gasteiger charge is -2.11. The van der Waals surface area contributed by atoms with E-state index in [1.165, 1.54) is 0 Å². The second-order valence-electron chi connectivity index (χ2n) is 6.08. The molecular formula is C14H21ClN2. The fourth-order valence-electron chi connectivity index (χ4n) is 2.75. The number of nitrogen functional groups attached to an aromatic ring is 1. The van der Waals surface area contributed by atoms with Crippen LogP contribution in [-0.2, 0) is 0 Å². The topological polar surface area (TPSA) is 38.0 Å². The molecule has 3 N–H and O–H groups in total. The maximum Gasteiger partial charge on any atom is 0.0739 e. The summed E-state index contributed by atoms with van der Waals surface area (Å²) in [5, 5.41) is 4.03. The number of anilines is 2. The highest BCUT2D eigenvalue weighted by Crippen LogP contribution is 2.68. The van der Waals surface area contributed by atoms with E-state index in [1.54, 1.807) is 0 Å². The smallest absolute Gasteiger partial charge is 0.0739 e. The molecule has 1 fully saturated rings. The molecule has 1 aliphatic carbocycles. The van der Waals surface area contributed by atoms with Gasteiger partial charge in [-0.1, -0.05) is 45.4 Å². The lowest BCUT2D eigenvalue weighted by Crippen LogP contribution is -2.09. The summed E-state index contributed by atoms with van der Waals surface area (Å²) in [7, 11) is 0. The van der Waals surface area contributed by atoms with Crippen molar-refractivity contribution in [2.75, 3.05) is 17.6 Å². The number of nitrogens with two attached hydrogens (primary N) is 1. The van der Waals surface area contributed by atoms with Gasteiger partial charge in [-0.25, -0.2) is 0 Å². The van der Waals surface area contributed by atoms with Gasteiger partial charge in [0.05, 0.1) is 16.4 Å². The number of benzene rings is 1. The van der Waals surface area contributed by atoms with Gasteiger partial charge in [-0.15, -0.1) is 0 Å². The van der Waals surface area contributed by atoms with Gasteiger partial charge in [0.2, 0.25) is 0 Å².